The number of hydrogen-bond acceptors (Lipinski definition) is 3. The highest BCUT2D eigenvalue weighted by Crippen LogP contribution is 2.41. The Morgan fingerprint density at radius 3 is 2.47 bits per heavy atom. The molecule has 3 fully saturated rings. The van der Waals surface area contributed by atoms with Crippen LogP contribution < -0.4 is 0 Å². The molecule has 2 heterocycles. The highest BCUT2D eigenvalue weighted by Gasteiger charge is 2.43. The Balaban J connectivity index is 1.98. The van der Waals surface area contributed by atoms with E-state index in [9.17, 15) is 9.59 Å². The molecular formula is C14H23NO4. The molecule has 2 aliphatic heterocycles. The van der Waals surface area contributed by atoms with Crippen molar-refractivity contribution in [3.63, 3.8) is 0 Å². The Morgan fingerprint density at radius 1 is 1.32 bits per heavy atom. The van der Waals surface area contributed by atoms with Crippen LogP contribution in [0.3, 0.4) is 0 Å². The zero-order valence-corrected chi connectivity index (χ0v) is 11.9. The number of carbonyl (C=O) groups is 2. The van der Waals surface area contributed by atoms with E-state index in [4.69, 9.17) is 9.84 Å². The van der Waals surface area contributed by atoms with Crippen molar-refractivity contribution in [3.8, 4) is 0 Å². The molecule has 5 nitrogen and oxygen atoms in total. The quantitative estimate of drug-likeness (QED) is 0.836. The van der Waals surface area contributed by atoms with Crippen LogP contribution in [0.1, 0.15) is 46.5 Å². The van der Waals surface area contributed by atoms with Crippen LogP contribution in [0.4, 0.5) is 4.79 Å². The first-order chi connectivity index (χ1) is 8.76. The van der Waals surface area contributed by atoms with Gasteiger partial charge in [-0.3, -0.25) is 4.79 Å². The van der Waals surface area contributed by atoms with Crippen LogP contribution in [0.5, 0.6) is 0 Å². The van der Waals surface area contributed by atoms with Crippen LogP contribution in [-0.4, -0.2) is 40.3 Å². The molecule has 2 saturated heterocycles. The lowest BCUT2D eigenvalue weighted by Gasteiger charge is -2.49. The van der Waals surface area contributed by atoms with Crippen LogP contribution in [0, 0.1) is 11.8 Å². The lowest BCUT2D eigenvalue weighted by molar-refractivity contribution is -0.140. The maximum Gasteiger partial charge on any atom is 0.410 e. The molecule has 19 heavy (non-hydrogen) atoms. The SMILES string of the molecule is CC(C)(C)OC(=O)N1C[C@H]2CC[C@@H]1CC2CC(=O)O. The minimum Gasteiger partial charge on any atom is -0.481 e. The molecule has 0 radical (unpaired) electrons. The van der Waals surface area contributed by atoms with E-state index < -0.39 is 11.6 Å². The van der Waals surface area contributed by atoms with E-state index in [-0.39, 0.29) is 24.5 Å². The summed E-state index contributed by atoms with van der Waals surface area (Å²) in [5.74, 6) is -0.204. The predicted octanol–water partition coefficient (Wildman–Crippen LogP) is 2.50. The minimum absolute atomic E-state index is 0.157. The number of hydrogen-bond donors (Lipinski definition) is 1. The normalized spacial score (nSPS) is 30.3. The fourth-order valence-corrected chi connectivity index (χ4v) is 3.25. The van der Waals surface area contributed by atoms with E-state index >= 15 is 0 Å². The van der Waals surface area contributed by atoms with E-state index in [1.807, 2.05) is 20.8 Å². The Bertz CT molecular complexity index is 374. The summed E-state index contributed by atoms with van der Waals surface area (Å²) in [7, 11) is 0. The summed E-state index contributed by atoms with van der Waals surface area (Å²) in [6.45, 7) is 6.23. The van der Waals surface area contributed by atoms with E-state index in [1.54, 1.807) is 4.90 Å². The summed E-state index contributed by atoms with van der Waals surface area (Å²) in [5.41, 5.74) is -0.478. The van der Waals surface area contributed by atoms with Gasteiger partial charge in [0.2, 0.25) is 0 Å². The lowest BCUT2D eigenvalue weighted by Crippen LogP contribution is -2.55. The summed E-state index contributed by atoms with van der Waals surface area (Å²) in [6, 6.07) is 0.157. The number of carboxylic acids is 1. The number of nitrogens with zero attached hydrogens (tertiary/aromatic N) is 1. The van der Waals surface area contributed by atoms with E-state index in [0.29, 0.717) is 12.5 Å². The maximum atomic E-state index is 12.1. The molecule has 1 N–H and O–H groups in total. The fraction of sp³-hybridized carbons (Fsp3) is 0.857. The van der Waals surface area contributed by atoms with Gasteiger partial charge in [-0.05, 0) is 51.9 Å². The van der Waals surface area contributed by atoms with Crippen molar-refractivity contribution in [1.29, 1.82) is 0 Å². The highest BCUT2D eigenvalue weighted by molar-refractivity contribution is 5.69. The molecule has 3 atom stereocenters. The van der Waals surface area contributed by atoms with Crippen LogP contribution in [0.15, 0.2) is 0 Å². The van der Waals surface area contributed by atoms with Crippen LogP contribution in [0.2, 0.25) is 0 Å². The molecule has 0 aromatic carbocycles. The molecule has 1 aliphatic carbocycles. The van der Waals surface area contributed by atoms with Crippen molar-refractivity contribution in [2.75, 3.05) is 6.54 Å². The van der Waals surface area contributed by atoms with Crippen molar-refractivity contribution in [3.05, 3.63) is 0 Å². The number of amides is 1. The number of aliphatic carboxylic acids is 1. The Hall–Kier alpha value is -1.26. The van der Waals surface area contributed by atoms with Crippen LogP contribution in [-0.2, 0) is 9.53 Å². The largest absolute Gasteiger partial charge is 0.481 e. The minimum atomic E-state index is -0.735. The standard InChI is InChI=1S/C14H23NO4/c1-14(2,3)19-13(18)15-8-9-4-5-11(15)6-10(9)7-12(16)17/h9-11H,4-8H2,1-3H3,(H,16,17)/t9-,10?,11-/m1/s1. The van der Waals surface area contributed by atoms with Gasteiger partial charge in [0.05, 0.1) is 0 Å². The van der Waals surface area contributed by atoms with Crippen LogP contribution >= 0.6 is 0 Å². The van der Waals surface area contributed by atoms with Crippen LogP contribution in [0.25, 0.3) is 0 Å². The smallest absolute Gasteiger partial charge is 0.410 e. The zero-order valence-electron chi connectivity index (χ0n) is 11.9. The fourth-order valence-electron chi connectivity index (χ4n) is 3.25. The lowest BCUT2D eigenvalue weighted by atomic mass is 9.71. The molecule has 0 spiro atoms. The first-order valence-electron chi connectivity index (χ1n) is 6.97. The summed E-state index contributed by atoms with van der Waals surface area (Å²) < 4.78 is 5.42. The topological polar surface area (TPSA) is 66.8 Å². The Labute approximate surface area is 113 Å². The predicted molar refractivity (Wildman–Crippen MR) is 69.8 cm³/mol. The van der Waals surface area contributed by atoms with Gasteiger partial charge in [-0.15, -0.1) is 0 Å². The number of rotatable bonds is 2. The molecule has 1 unspecified atom stereocenters. The van der Waals surface area contributed by atoms with Crippen molar-refractivity contribution < 1.29 is 19.4 Å². The highest BCUT2D eigenvalue weighted by atomic mass is 16.6. The number of carbonyl (C=O) groups excluding carboxylic acids is 1. The molecule has 108 valence electrons. The maximum absolute atomic E-state index is 12.1. The molecule has 0 aromatic rings. The molecule has 5 heteroatoms. The average Bonchev–Trinajstić information content (AvgIpc) is 2.26. The van der Waals surface area contributed by atoms with Gasteiger partial charge in [-0.1, -0.05) is 0 Å². The first kappa shape index (κ1) is 14.2. The number of fused-ring (bicyclic) bond motifs is 3. The van der Waals surface area contributed by atoms with Crippen molar-refractivity contribution in [1.82, 2.24) is 4.90 Å². The number of carboxylic acid groups (broad SMARTS) is 1. The van der Waals surface area contributed by atoms with Crippen molar-refractivity contribution in [2.24, 2.45) is 11.8 Å². The zero-order chi connectivity index (χ0) is 14.2. The second-order valence-corrected chi connectivity index (χ2v) is 6.72. The van der Waals surface area contributed by atoms with E-state index in [0.717, 1.165) is 19.3 Å². The first-order valence-corrected chi connectivity index (χ1v) is 6.97. The van der Waals surface area contributed by atoms with Gasteiger partial charge in [0.25, 0.3) is 0 Å². The Kier molecular flexibility index (Phi) is 3.74. The van der Waals surface area contributed by atoms with E-state index in [2.05, 4.69) is 0 Å². The van der Waals surface area contributed by atoms with Gasteiger partial charge in [0.1, 0.15) is 5.60 Å². The molecule has 1 saturated carbocycles. The van der Waals surface area contributed by atoms with Crippen molar-refractivity contribution in [2.45, 2.75) is 58.1 Å². The Morgan fingerprint density at radius 2 is 2.00 bits per heavy atom. The van der Waals surface area contributed by atoms with Crippen molar-refractivity contribution >= 4 is 12.1 Å². The number of ether oxygens (including phenoxy) is 1. The third-order valence-corrected chi connectivity index (χ3v) is 4.05. The van der Waals surface area contributed by atoms with E-state index in [1.165, 1.54) is 0 Å². The van der Waals surface area contributed by atoms with Gasteiger partial charge < -0.3 is 14.7 Å². The number of piperidine rings is 2. The molecule has 3 aliphatic rings. The van der Waals surface area contributed by atoms with Gasteiger partial charge >= 0.3 is 12.1 Å². The second kappa shape index (κ2) is 5.02. The van der Waals surface area contributed by atoms with Gasteiger partial charge in [-0.2, -0.15) is 0 Å². The summed E-state index contributed by atoms with van der Waals surface area (Å²) in [4.78, 5) is 24.8. The summed E-state index contributed by atoms with van der Waals surface area (Å²) in [6.07, 6.45) is 2.78. The molecule has 2 bridgehead atoms. The third-order valence-electron chi connectivity index (χ3n) is 4.05. The second-order valence-electron chi connectivity index (χ2n) is 6.72. The van der Waals surface area contributed by atoms with Gasteiger partial charge in [0.15, 0.2) is 0 Å². The van der Waals surface area contributed by atoms with Gasteiger partial charge in [0, 0.05) is 19.0 Å². The third kappa shape index (κ3) is 3.39. The molecular weight excluding hydrogens is 246 g/mol. The molecule has 1 amide bonds. The molecule has 3 rings (SSSR count). The monoisotopic (exact) mass is 269 g/mol. The summed E-state index contributed by atoms with van der Waals surface area (Å²) in [5, 5.41) is 8.92. The average molecular weight is 269 g/mol. The summed E-state index contributed by atoms with van der Waals surface area (Å²) >= 11 is 0. The van der Waals surface area contributed by atoms with Gasteiger partial charge in [-0.25, -0.2) is 4.79 Å². The molecule has 0 aromatic heterocycles.